The van der Waals surface area contributed by atoms with E-state index in [9.17, 15) is 23.1 Å². The van der Waals surface area contributed by atoms with Gasteiger partial charge >= 0.3 is 0 Å². The van der Waals surface area contributed by atoms with Gasteiger partial charge in [-0.3, -0.25) is 9.59 Å². The number of nitrogens with two attached hydrogens (primary N) is 1. The molecule has 0 radical (unpaired) electrons. The number of carbonyl (C=O) groups is 2. The average molecular weight is 579 g/mol. The number of carbonyl (C=O) groups excluding carboxylic acids is 2. The van der Waals surface area contributed by atoms with Gasteiger partial charge in [-0.05, 0) is 62.4 Å². The number of rotatable bonds is 10. The number of fused-ring (bicyclic) bond motifs is 1. The normalized spacial score (nSPS) is 16.6. The third kappa shape index (κ3) is 7.80. The Morgan fingerprint density at radius 3 is 2.41 bits per heavy atom. The number of sulfonamides is 1. The smallest absolute Gasteiger partial charge is 0.249 e. The maximum absolute atomic E-state index is 13.9. The van der Waals surface area contributed by atoms with Crippen molar-refractivity contribution >= 4 is 27.5 Å². The predicted molar refractivity (Wildman–Crippen MR) is 160 cm³/mol. The van der Waals surface area contributed by atoms with Crippen LogP contribution in [0.3, 0.4) is 0 Å². The van der Waals surface area contributed by atoms with E-state index in [1.165, 1.54) is 6.07 Å². The maximum Gasteiger partial charge on any atom is 0.249 e. The zero-order valence-corrected chi connectivity index (χ0v) is 24.4. The summed E-state index contributed by atoms with van der Waals surface area (Å²) >= 11 is 0. The van der Waals surface area contributed by atoms with Crippen LogP contribution in [-0.4, -0.2) is 49.6 Å². The highest BCUT2D eigenvalue weighted by Gasteiger charge is 2.32. The first-order valence-corrected chi connectivity index (χ1v) is 15.2. The van der Waals surface area contributed by atoms with Gasteiger partial charge in [0.1, 0.15) is 6.04 Å². The van der Waals surface area contributed by atoms with Gasteiger partial charge in [-0.25, -0.2) is 13.6 Å². The molecule has 0 aliphatic carbocycles. The third-order valence-electron chi connectivity index (χ3n) is 7.16. The minimum atomic E-state index is -3.90. The van der Waals surface area contributed by atoms with Gasteiger partial charge in [0.05, 0.1) is 17.5 Å². The molecule has 2 amide bonds. The number of hydrogen-bond acceptors (Lipinski definition) is 6. The Morgan fingerprint density at radius 1 is 1.07 bits per heavy atom. The lowest BCUT2D eigenvalue weighted by molar-refractivity contribution is -0.128. The zero-order valence-electron chi connectivity index (χ0n) is 23.6. The molecule has 1 aliphatic rings. The molecule has 0 fully saturated rings. The molecule has 41 heavy (non-hydrogen) atoms. The Balaban J connectivity index is 1.55. The van der Waals surface area contributed by atoms with Crippen LogP contribution < -0.4 is 20.7 Å². The van der Waals surface area contributed by atoms with Gasteiger partial charge in [-0.1, -0.05) is 60.7 Å². The molecular formula is C31H38N4O5S. The number of aryl methyl sites for hydroxylation is 1. The minimum absolute atomic E-state index is 0.0483. The van der Waals surface area contributed by atoms with Crippen molar-refractivity contribution in [2.24, 2.45) is 5.14 Å². The first-order valence-electron chi connectivity index (χ1n) is 13.7. The summed E-state index contributed by atoms with van der Waals surface area (Å²) < 4.78 is 24.2. The van der Waals surface area contributed by atoms with E-state index in [0.717, 1.165) is 16.8 Å². The highest BCUT2D eigenvalue weighted by Crippen LogP contribution is 2.30. The Hall–Kier alpha value is -3.57. The van der Waals surface area contributed by atoms with Crippen LogP contribution in [0.5, 0.6) is 0 Å². The number of benzene rings is 3. The molecule has 0 bridgehead atoms. The summed E-state index contributed by atoms with van der Waals surface area (Å²) in [4.78, 5) is 28.6. The molecule has 4 rings (SSSR count). The monoisotopic (exact) mass is 578 g/mol. The van der Waals surface area contributed by atoms with Crippen molar-refractivity contribution < 1.29 is 23.1 Å². The molecule has 218 valence electrons. The number of anilines is 1. The van der Waals surface area contributed by atoms with Crippen LogP contribution in [0.2, 0.25) is 0 Å². The van der Waals surface area contributed by atoms with Crippen molar-refractivity contribution in [1.82, 2.24) is 10.6 Å². The first-order chi connectivity index (χ1) is 19.3. The summed E-state index contributed by atoms with van der Waals surface area (Å²) in [5.74, 6) is -0.433. The van der Waals surface area contributed by atoms with Gasteiger partial charge in [-0.15, -0.1) is 0 Å². The van der Waals surface area contributed by atoms with Crippen molar-refractivity contribution in [2.45, 2.75) is 69.2 Å². The minimum Gasteiger partial charge on any atom is -0.392 e. The summed E-state index contributed by atoms with van der Waals surface area (Å²) in [5.41, 5.74) is 3.32. The second-order valence-electron chi connectivity index (χ2n) is 11.2. The lowest BCUT2D eigenvalue weighted by atomic mass is 9.99. The number of aliphatic hydroxyl groups is 1. The van der Waals surface area contributed by atoms with Crippen molar-refractivity contribution in [2.75, 3.05) is 11.4 Å². The van der Waals surface area contributed by atoms with E-state index in [4.69, 9.17) is 5.14 Å². The second kappa shape index (κ2) is 12.5. The number of β-amino-alcohol motifs (C(OH)–C–C–N with tert-alkyl or cyclic N) is 1. The fourth-order valence-electron chi connectivity index (χ4n) is 5.07. The number of para-hydroxylation sites is 1. The molecule has 2 atom stereocenters. The van der Waals surface area contributed by atoms with Crippen LogP contribution in [-0.2, 0) is 32.6 Å². The number of amides is 2. The van der Waals surface area contributed by atoms with E-state index >= 15 is 0 Å². The molecule has 0 saturated heterocycles. The number of hydrogen-bond donors (Lipinski definition) is 4. The molecule has 9 nitrogen and oxygen atoms in total. The summed E-state index contributed by atoms with van der Waals surface area (Å²) in [7, 11) is -3.90. The van der Waals surface area contributed by atoms with Crippen LogP contribution in [0.4, 0.5) is 5.69 Å². The Labute approximate surface area is 241 Å². The Bertz CT molecular complexity index is 1500. The summed E-state index contributed by atoms with van der Waals surface area (Å²) in [6.45, 7) is 6.09. The van der Waals surface area contributed by atoms with E-state index in [0.29, 0.717) is 30.5 Å². The Kier molecular flexibility index (Phi) is 9.28. The lowest BCUT2D eigenvalue weighted by Crippen LogP contribution is -2.51. The quantitative estimate of drug-likeness (QED) is 0.291. The molecular weight excluding hydrogens is 540 g/mol. The van der Waals surface area contributed by atoms with Crippen molar-refractivity contribution in [3.05, 3.63) is 83.9 Å². The topological polar surface area (TPSA) is 142 Å². The fourth-order valence-corrected chi connectivity index (χ4v) is 5.83. The second-order valence-corrected chi connectivity index (χ2v) is 12.8. The highest BCUT2D eigenvalue weighted by molar-refractivity contribution is 7.89. The molecule has 0 spiro atoms. The number of primary sulfonamides is 1. The molecule has 1 heterocycles. The van der Waals surface area contributed by atoms with Crippen LogP contribution >= 0.6 is 0 Å². The van der Waals surface area contributed by atoms with Gasteiger partial charge in [-0.2, -0.15) is 0 Å². The molecule has 0 unspecified atom stereocenters. The van der Waals surface area contributed by atoms with Crippen molar-refractivity contribution in [3.63, 3.8) is 0 Å². The van der Waals surface area contributed by atoms with Crippen LogP contribution in [0.15, 0.2) is 77.7 Å². The summed E-state index contributed by atoms with van der Waals surface area (Å²) in [6, 6.07) is 21.0. The third-order valence-corrected chi connectivity index (χ3v) is 8.13. The predicted octanol–water partition coefficient (Wildman–Crippen LogP) is 3.10. The van der Waals surface area contributed by atoms with E-state index in [1.54, 1.807) is 30.0 Å². The average Bonchev–Trinajstić information content (AvgIpc) is 3.04. The molecule has 0 saturated carbocycles. The van der Waals surface area contributed by atoms with Gasteiger partial charge < -0.3 is 20.6 Å². The van der Waals surface area contributed by atoms with E-state index < -0.39 is 27.7 Å². The largest absolute Gasteiger partial charge is 0.392 e. The van der Waals surface area contributed by atoms with Crippen molar-refractivity contribution in [1.29, 1.82) is 0 Å². The van der Waals surface area contributed by atoms with E-state index in [-0.39, 0.29) is 29.7 Å². The molecule has 3 aromatic carbocycles. The van der Waals surface area contributed by atoms with Gasteiger partial charge in [0.15, 0.2) is 0 Å². The lowest BCUT2D eigenvalue weighted by Gasteiger charge is -2.29. The zero-order chi connectivity index (χ0) is 29.8. The van der Waals surface area contributed by atoms with Crippen LogP contribution in [0.25, 0.3) is 11.1 Å². The standard InChI is InChI=1S/C31H38N4O5S/c1-21(36)19-33-31(2,3)18-29(37)34-26-17-16-24-8-4-6-10-27(24)35(30(26)38)20-22-12-14-23(15-13-22)25-9-5-7-11-28(25)41(32,39)40/h4-15,21,26,33,36H,16-20H2,1-3H3,(H,34,37)(H2,32,39,40)/t21-,26-/m1/s1. The van der Waals surface area contributed by atoms with E-state index in [1.807, 2.05) is 62.4 Å². The Morgan fingerprint density at radius 2 is 1.73 bits per heavy atom. The maximum atomic E-state index is 13.9. The first kappa shape index (κ1) is 30.4. The summed E-state index contributed by atoms with van der Waals surface area (Å²) in [5, 5.41) is 21.1. The fraction of sp³-hybridized carbons (Fsp3) is 0.355. The van der Waals surface area contributed by atoms with Gasteiger partial charge in [0.2, 0.25) is 21.8 Å². The van der Waals surface area contributed by atoms with Gasteiger partial charge in [0.25, 0.3) is 0 Å². The number of aliphatic hydroxyl groups excluding tert-OH is 1. The molecule has 0 aromatic heterocycles. The molecule has 5 N–H and O–H groups in total. The molecule has 1 aliphatic heterocycles. The van der Waals surface area contributed by atoms with Crippen LogP contribution in [0.1, 0.15) is 44.7 Å². The van der Waals surface area contributed by atoms with Crippen molar-refractivity contribution in [3.8, 4) is 11.1 Å². The SMILES string of the molecule is C[C@@H](O)CNC(C)(C)CC(=O)N[C@@H]1CCc2ccccc2N(Cc2ccc(-c3ccccc3S(N)(=O)=O)cc2)C1=O. The van der Waals surface area contributed by atoms with Crippen LogP contribution in [0, 0.1) is 0 Å². The molecule has 10 heteroatoms. The highest BCUT2D eigenvalue weighted by atomic mass is 32.2. The van der Waals surface area contributed by atoms with E-state index in [2.05, 4.69) is 10.6 Å². The molecule has 3 aromatic rings. The van der Waals surface area contributed by atoms with Gasteiger partial charge in [0, 0.05) is 29.8 Å². The number of nitrogens with zero attached hydrogens (tertiary/aromatic N) is 1. The summed E-state index contributed by atoms with van der Waals surface area (Å²) in [6.07, 6.45) is 0.724. The number of nitrogens with one attached hydrogen (secondary N) is 2.